The van der Waals surface area contributed by atoms with Gasteiger partial charge in [-0.05, 0) is 12.1 Å². The van der Waals surface area contributed by atoms with E-state index in [1.165, 1.54) is 12.1 Å². The van der Waals surface area contributed by atoms with E-state index < -0.39 is 57.6 Å². The van der Waals surface area contributed by atoms with Crippen LogP contribution in [0.2, 0.25) is 0 Å². The molecule has 16 heteroatoms. The molecule has 0 unspecified atom stereocenters. The molecule has 0 atom stereocenters. The molecule has 1 amide bonds. The molecule has 0 radical (unpaired) electrons. The molecule has 7 N–H and O–H groups in total. The minimum atomic E-state index is -5.02. The SMILES string of the molecule is [NH3+]OCC(=O)Nc1cc(S(=O)(=O)O)c2ccc3c(S(=O)(=O)O)cc(S(=O)(=O)O)c4ccc1c2c43. The normalized spacial score (nSPS) is 13.2. The predicted octanol–water partition coefficient (Wildman–Crippen LogP) is 0.436. The van der Waals surface area contributed by atoms with Crippen LogP contribution in [0.3, 0.4) is 0 Å². The third-order valence-corrected chi connectivity index (χ3v) is 7.81. The first-order chi connectivity index (χ1) is 15.6. The first-order valence-electron chi connectivity index (χ1n) is 9.02. The first kappa shape index (κ1) is 24.2. The summed E-state index contributed by atoms with van der Waals surface area (Å²) >= 11 is 0. The molecule has 0 saturated carbocycles. The maximum Gasteiger partial charge on any atom is 0.295 e. The maximum atomic E-state index is 12.1. The van der Waals surface area contributed by atoms with Crippen molar-refractivity contribution in [2.45, 2.75) is 14.7 Å². The second kappa shape index (κ2) is 7.79. The fourth-order valence-electron chi connectivity index (χ4n) is 3.92. The van der Waals surface area contributed by atoms with E-state index in [9.17, 15) is 43.7 Å². The predicted molar refractivity (Wildman–Crippen MR) is 117 cm³/mol. The van der Waals surface area contributed by atoms with Crippen molar-refractivity contribution in [2.75, 3.05) is 11.9 Å². The average Bonchev–Trinajstić information content (AvgIpc) is 2.70. The second-order valence-electron chi connectivity index (χ2n) is 7.19. The van der Waals surface area contributed by atoms with E-state index >= 15 is 0 Å². The Balaban J connectivity index is 2.33. The molecule has 0 saturated heterocycles. The van der Waals surface area contributed by atoms with Gasteiger partial charge in [0, 0.05) is 32.3 Å². The molecule has 180 valence electrons. The van der Waals surface area contributed by atoms with E-state index in [0.717, 1.165) is 18.2 Å². The van der Waals surface area contributed by atoms with Crippen molar-refractivity contribution in [2.24, 2.45) is 0 Å². The standard InChI is InChI=1S/C18H14N2O11S3/c19-31-7-16(21)20-12-5-13(32(22,23)24)9-3-4-11-15(34(28,29)30)6-14(33(25,26)27)10-2-1-8(12)17(9)18(10)11/h1-6H,7H2,19H3,(H3-,20,21,22,23,24,25,26,27,28,29,30)/p+1. The van der Waals surface area contributed by atoms with Gasteiger partial charge in [-0.15, -0.1) is 0 Å². The number of nitrogens with one attached hydrogen (secondary N) is 1. The molecule has 0 aliphatic rings. The number of anilines is 1. The number of carbonyl (C=O) groups excluding carboxylic acids is 1. The molecule has 34 heavy (non-hydrogen) atoms. The van der Waals surface area contributed by atoms with Crippen LogP contribution in [0.4, 0.5) is 5.69 Å². The summed E-state index contributed by atoms with van der Waals surface area (Å²) < 4.78 is 102. The molecule has 0 heterocycles. The highest BCUT2D eigenvalue weighted by Gasteiger charge is 2.28. The highest BCUT2D eigenvalue weighted by Crippen LogP contribution is 2.44. The van der Waals surface area contributed by atoms with Gasteiger partial charge in [0.2, 0.25) is 0 Å². The lowest BCUT2D eigenvalue weighted by Crippen LogP contribution is -2.50. The van der Waals surface area contributed by atoms with Crippen molar-refractivity contribution in [1.29, 1.82) is 0 Å². The van der Waals surface area contributed by atoms with E-state index in [-0.39, 0.29) is 38.0 Å². The lowest BCUT2D eigenvalue weighted by atomic mass is 9.93. The number of carbonyl (C=O) groups is 1. The van der Waals surface area contributed by atoms with Crippen LogP contribution in [-0.2, 0) is 40.0 Å². The van der Waals surface area contributed by atoms with Gasteiger partial charge in [-0.3, -0.25) is 18.5 Å². The van der Waals surface area contributed by atoms with E-state index in [0.29, 0.717) is 6.07 Å². The number of rotatable bonds is 6. The Morgan fingerprint density at radius 1 is 0.735 bits per heavy atom. The van der Waals surface area contributed by atoms with Crippen LogP contribution in [0.25, 0.3) is 32.3 Å². The number of benzene rings is 4. The highest BCUT2D eigenvalue weighted by atomic mass is 32.2. The Kier molecular flexibility index (Phi) is 5.54. The van der Waals surface area contributed by atoms with Gasteiger partial charge < -0.3 is 5.32 Å². The van der Waals surface area contributed by atoms with Crippen molar-refractivity contribution in [3.63, 3.8) is 0 Å². The van der Waals surface area contributed by atoms with Crippen molar-refractivity contribution in [3.8, 4) is 0 Å². The summed E-state index contributed by atoms with van der Waals surface area (Å²) in [5, 5.41) is 1.75. The van der Waals surface area contributed by atoms with Gasteiger partial charge in [0.25, 0.3) is 36.3 Å². The Labute approximate surface area is 191 Å². The molecule has 4 aromatic carbocycles. The fraction of sp³-hybridized carbons (Fsp3) is 0.0556. The summed E-state index contributed by atoms with van der Waals surface area (Å²) in [6.45, 7) is -0.511. The van der Waals surface area contributed by atoms with Crippen molar-refractivity contribution < 1.29 is 54.4 Å². The van der Waals surface area contributed by atoms with Gasteiger partial charge in [-0.2, -0.15) is 30.1 Å². The van der Waals surface area contributed by atoms with E-state index in [2.05, 4.69) is 16.1 Å². The van der Waals surface area contributed by atoms with Gasteiger partial charge >= 0.3 is 0 Å². The zero-order valence-corrected chi connectivity index (χ0v) is 19.2. The van der Waals surface area contributed by atoms with E-state index in [1.807, 2.05) is 0 Å². The summed E-state index contributed by atoms with van der Waals surface area (Å²) in [6, 6.07) is 6.32. The van der Waals surface area contributed by atoms with Crippen LogP contribution in [0.1, 0.15) is 0 Å². The number of quaternary nitrogens is 1. The molecule has 0 aliphatic carbocycles. The van der Waals surface area contributed by atoms with Crippen LogP contribution in [0.5, 0.6) is 0 Å². The van der Waals surface area contributed by atoms with Gasteiger partial charge in [-0.25, -0.2) is 5.90 Å². The summed E-state index contributed by atoms with van der Waals surface area (Å²) in [5.74, 6) is 2.31. The lowest BCUT2D eigenvalue weighted by molar-refractivity contribution is -0.685. The van der Waals surface area contributed by atoms with Crippen LogP contribution < -0.4 is 11.2 Å². The Morgan fingerprint density at radius 2 is 1.12 bits per heavy atom. The van der Waals surface area contributed by atoms with Crippen molar-refractivity contribution in [1.82, 2.24) is 0 Å². The van der Waals surface area contributed by atoms with Gasteiger partial charge in [0.1, 0.15) is 14.7 Å². The van der Waals surface area contributed by atoms with Gasteiger partial charge in [0.05, 0.1) is 5.69 Å². The molecule has 0 spiro atoms. The van der Waals surface area contributed by atoms with Gasteiger partial charge in [0.15, 0.2) is 6.61 Å². The number of amides is 1. The average molecular weight is 532 g/mol. The molecular weight excluding hydrogens is 516 g/mol. The van der Waals surface area contributed by atoms with Gasteiger partial charge in [-0.1, -0.05) is 24.3 Å². The highest BCUT2D eigenvalue weighted by molar-refractivity contribution is 7.87. The fourth-order valence-corrected chi connectivity index (χ4v) is 6.14. The molecular formula is C18H15N2O11S3+. The molecule has 4 rings (SSSR count). The van der Waals surface area contributed by atoms with Crippen LogP contribution in [0.15, 0.2) is 51.1 Å². The van der Waals surface area contributed by atoms with E-state index in [4.69, 9.17) is 0 Å². The Bertz CT molecular complexity index is 1780. The molecule has 13 nitrogen and oxygen atoms in total. The monoisotopic (exact) mass is 531 g/mol. The quantitative estimate of drug-likeness (QED) is 0.130. The third kappa shape index (κ3) is 3.95. The topological polar surface area (TPSA) is 229 Å². The molecule has 0 aliphatic heterocycles. The number of hydrogen-bond acceptors (Lipinski definition) is 8. The van der Waals surface area contributed by atoms with Crippen LogP contribution in [0, 0.1) is 0 Å². The van der Waals surface area contributed by atoms with Crippen molar-refractivity contribution in [3.05, 3.63) is 36.4 Å². The Morgan fingerprint density at radius 3 is 1.53 bits per heavy atom. The summed E-state index contributed by atoms with van der Waals surface area (Å²) in [7, 11) is -14.9. The summed E-state index contributed by atoms with van der Waals surface area (Å²) in [5.41, 5.74) is -0.137. The first-order valence-corrected chi connectivity index (χ1v) is 13.3. The largest absolute Gasteiger partial charge is 0.323 e. The summed E-state index contributed by atoms with van der Waals surface area (Å²) in [4.78, 5) is 14.2. The minimum absolute atomic E-state index is 0.0635. The van der Waals surface area contributed by atoms with Crippen LogP contribution >= 0.6 is 0 Å². The Hall–Kier alpha value is -2.96. The number of hydrogen-bond donors (Lipinski definition) is 5. The zero-order valence-electron chi connectivity index (χ0n) is 16.7. The molecule has 4 aromatic rings. The lowest BCUT2D eigenvalue weighted by Gasteiger charge is -2.18. The molecule has 0 fully saturated rings. The third-order valence-electron chi connectivity index (χ3n) is 5.13. The molecule has 0 bridgehead atoms. The van der Waals surface area contributed by atoms with Crippen LogP contribution in [-0.4, -0.2) is 51.4 Å². The smallest absolute Gasteiger partial charge is 0.295 e. The summed E-state index contributed by atoms with van der Waals surface area (Å²) in [6.07, 6.45) is 0. The zero-order chi connectivity index (χ0) is 25.2. The maximum absolute atomic E-state index is 12.1. The van der Waals surface area contributed by atoms with E-state index in [1.54, 1.807) is 0 Å². The van der Waals surface area contributed by atoms with Crippen molar-refractivity contribution >= 4 is 74.3 Å². The molecule has 0 aromatic heterocycles. The second-order valence-corrected chi connectivity index (χ2v) is 11.4. The minimum Gasteiger partial charge on any atom is -0.323 e.